The first-order valence-corrected chi connectivity index (χ1v) is 25.1. The van der Waals surface area contributed by atoms with E-state index in [1.165, 1.54) is 44.9 Å². The van der Waals surface area contributed by atoms with Crippen LogP contribution in [-0.2, 0) is 32.7 Å². The maximum absolute atomic E-state index is 12.7. The van der Waals surface area contributed by atoms with E-state index in [1.54, 1.807) is 0 Å². The van der Waals surface area contributed by atoms with E-state index in [-0.39, 0.29) is 26.1 Å². The Morgan fingerprint density at radius 1 is 0.533 bits per heavy atom. The minimum atomic E-state index is -4.64. The Bertz CT molecular complexity index is 1250. The van der Waals surface area contributed by atoms with Crippen LogP contribution >= 0.6 is 7.82 Å². The van der Waals surface area contributed by atoms with Crippen LogP contribution in [0.1, 0.15) is 181 Å². The molecule has 0 rings (SSSR count). The Morgan fingerprint density at radius 2 is 0.950 bits per heavy atom. The third kappa shape index (κ3) is 45.0. The number of ether oxygens (including phenoxy) is 2. The lowest BCUT2D eigenvalue weighted by molar-refractivity contribution is -0.870. The highest BCUT2D eigenvalue weighted by molar-refractivity contribution is 7.45. The summed E-state index contributed by atoms with van der Waals surface area (Å²) in [5, 5.41) is 0. The molecule has 0 bridgehead atoms. The molecule has 2 unspecified atom stereocenters. The number of carbonyl (C=O) groups excluding carboxylic acids is 2. The van der Waals surface area contributed by atoms with Crippen molar-refractivity contribution in [2.24, 2.45) is 0 Å². The summed E-state index contributed by atoms with van der Waals surface area (Å²) in [5.74, 6) is -0.864. The van der Waals surface area contributed by atoms with Crippen LogP contribution in [0.15, 0.2) is 72.9 Å². The zero-order valence-electron chi connectivity index (χ0n) is 38.9. The summed E-state index contributed by atoms with van der Waals surface area (Å²) in [7, 11) is 1.14. The maximum Gasteiger partial charge on any atom is 0.306 e. The van der Waals surface area contributed by atoms with Gasteiger partial charge in [0.25, 0.3) is 7.82 Å². The molecule has 0 aliphatic rings. The summed E-state index contributed by atoms with van der Waals surface area (Å²) in [5.41, 5.74) is 0. The molecule has 0 N–H and O–H groups in total. The molecule has 0 amide bonds. The Morgan fingerprint density at radius 3 is 1.42 bits per heavy atom. The van der Waals surface area contributed by atoms with Crippen LogP contribution in [0, 0.1) is 0 Å². The maximum atomic E-state index is 12.7. The zero-order valence-corrected chi connectivity index (χ0v) is 39.8. The first kappa shape index (κ1) is 57.4. The lowest BCUT2D eigenvalue weighted by Crippen LogP contribution is -2.37. The highest BCUT2D eigenvalue weighted by Crippen LogP contribution is 2.38. The smallest absolute Gasteiger partial charge is 0.306 e. The second-order valence-corrected chi connectivity index (χ2v) is 18.1. The second kappa shape index (κ2) is 41.8. The molecule has 0 aromatic carbocycles. The number of esters is 2. The number of phosphoric ester groups is 1. The largest absolute Gasteiger partial charge is 0.756 e. The van der Waals surface area contributed by atoms with Crippen molar-refractivity contribution in [2.45, 2.75) is 187 Å². The van der Waals surface area contributed by atoms with E-state index in [4.69, 9.17) is 18.5 Å². The van der Waals surface area contributed by atoms with Gasteiger partial charge in [0.15, 0.2) is 6.10 Å². The molecule has 0 saturated heterocycles. The van der Waals surface area contributed by atoms with Crippen molar-refractivity contribution < 1.29 is 42.1 Å². The monoisotopic (exact) mass is 862 g/mol. The molecule has 2 atom stereocenters. The van der Waals surface area contributed by atoms with E-state index < -0.39 is 32.5 Å². The van der Waals surface area contributed by atoms with Gasteiger partial charge in [0.2, 0.25) is 0 Å². The molecule has 0 aliphatic carbocycles. The van der Waals surface area contributed by atoms with Gasteiger partial charge >= 0.3 is 11.9 Å². The highest BCUT2D eigenvalue weighted by atomic mass is 31.2. The minimum Gasteiger partial charge on any atom is -0.756 e. The van der Waals surface area contributed by atoms with Gasteiger partial charge in [-0.05, 0) is 83.5 Å². The lowest BCUT2D eigenvalue weighted by atomic mass is 10.1. The van der Waals surface area contributed by atoms with Crippen LogP contribution in [0.5, 0.6) is 0 Å². The van der Waals surface area contributed by atoms with E-state index in [9.17, 15) is 19.0 Å². The fourth-order valence-electron chi connectivity index (χ4n) is 6.03. The van der Waals surface area contributed by atoms with Gasteiger partial charge in [-0.2, -0.15) is 0 Å². The predicted octanol–water partition coefficient (Wildman–Crippen LogP) is 13.2. The quantitative estimate of drug-likeness (QED) is 0.0196. The first-order valence-electron chi connectivity index (χ1n) is 23.6. The van der Waals surface area contributed by atoms with Crippen LogP contribution < -0.4 is 4.89 Å². The summed E-state index contributed by atoms with van der Waals surface area (Å²) in [6.45, 7) is 4.06. The predicted molar refractivity (Wildman–Crippen MR) is 249 cm³/mol. The van der Waals surface area contributed by atoms with Crippen molar-refractivity contribution in [1.82, 2.24) is 0 Å². The number of phosphoric acid groups is 1. The average Bonchev–Trinajstić information content (AvgIpc) is 3.20. The van der Waals surface area contributed by atoms with Gasteiger partial charge in [0, 0.05) is 12.8 Å². The molecular weight excluding hydrogens is 774 g/mol. The molecule has 0 aliphatic heterocycles. The fraction of sp³-hybridized carbons (Fsp3) is 0.720. The molecule has 60 heavy (non-hydrogen) atoms. The highest BCUT2D eigenvalue weighted by Gasteiger charge is 2.21. The SMILES string of the molecule is CC/C=C\C/C=C\C/C=C\C/C=C\CCCCCCCCC(=O)OC(COC(=O)CCCCCCCCC/C=C\C/C=C\CCCCC)COP(=O)([O-])OCC[N+](C)(C)C. The lowest BCUT2D eigenvalue weighted by Gasteiger charge is -2.28. The topological polar surface area (TPSA) is 111 Å². The van der Waals surface area contributed by atoms with Crippen LogP contribution in [-0.4, -0.2) is 70.0 Å². The van der Waals surface area contributed by atoms with E-state index in [1.807, 2.05) is 21.1 Å². The number of allylic oxidation sites excluding steroid dienone is 12. The fourth-order valence-corrected chi connectivity index (χ4v) is 6.76. The van der Waals surface area contributed by atoms with E-state index in [0.29, 0.717) is 17.4 Å². The molecule has 0 spiro atoms. The molecule has 0 heterocycles. The molecule has 0 aromatic rings. The molecule has 9 nitrogen and oxygen atoms in total. The summed E-state index contributed by atoms with van der Waals surface area (Å²) >= 11 is 0. The number of hydrogen-bond acceptors (Lipinski definition) is 8. The molecule has 0 aromatic heterocycles. The Balaban J connectivity index is 4.37. The van der Waals surface area contributed by atoms with Crippen LogP contribution in [0.2, 0.25) is 0 Å². The van der Waals surface area contributed by atoms with E-state index >= 15 is 0 Å². The number of hydrogen-bond donors (Lipinski definition) is 0. The van der Waals surface area contributed by atoms with E-state index in [2.05, 4.69) is 86.8 Å². The number of unbranched alkanes of at least 4 members (excludes halogenated alkanes) is 16. The standard InChI is InChI=1S/C50H88NO8P/c1-6-8-10-12-14-16-18-20-22-24-25-27-29-31-33-35-37-39-41-43-50(53)59-48(47-58-60(54,55)57-45-44-51(3,4)5)46-56-49(52)42-40-38-36-34-32-30-28-26-23-21-19-17-15-13-11-9-7-2/h8,10,14-17,20-23,25,27,48H,6-7,9,11-13,18-19,24,26,28-47H2,1-5H3/b10-8-,16-14-,17-15-,22-20-,23-21-,27-25-. The molecule has 10 heteroatoms. The second-order valence-electron chi connectivity index (χ2n) is 16.7. The molecule has 0 radical (unpaired) electrons. The zero-order chi connectivity index (χ0) is 44.3. The van der Waals surface area contributed by atoms with Gasteiger partial charge in [-0.25, -0.2) is 0 Å². The Hall–Kier alpha value is -2.55. The van der Waals surface area contributed by atoms with Gasteiger partial charge in [-0.1, -0.05) is 157 Å². The summed E-state index contributed by atoms with van der Waals surface area (Å²) in [4.78, 5) is 37.6. The van der Waals surface area contributed by atoms with Crippen LogP contribution in [0.25, 0.3) is 0 Å². The molecule has 0 saturated carbocycles. The molecular formula is C50H88NO8P. The normalized spacial score (nSPS) is 14.2. The Kier molecular flexibility index (Phi) is 40.0. The van der Waals surface area contributed by atoms with Crippen molar-refractivity contribution in [3.8, 4) is 0 Å². The van der Waals surface area contributed by atoms with Crippen molar-refractivity contribution in [3.63, 3.8) is 0 Å². The number of quaternary nitrogens is 1. The summed E-state index contributed by atoms with van der Waals surface area (Å²) < 4.78 is 34.0. The van der Waals surface area contributed by atoms with Gasteiger partial charge in [-0.3, -0.25) is 14.2 Å². The van der Waals surface area contributed by atoms with Crippen molar-refractivity contribution >= 4 is 19.8 Å². The van der Waals surface area contributed by atoms with E-state index in [0.717, 1.165) is 103 Å². The third-order valence-corrected chi connectivity index (χ3v) is 10.7. The van der Waals surface area contributed by atoms with Gasteiger partial charge < -0.3 is 27.9 Å². The van der Waals surface area contributed by atoms with Gasteiger partial charge in [-0.15, -0.1) is 0 Å². The summed E-state index contributed by atoms with van der Waals surface area (Å²) in [6, 6.07) is 0. The summed E-state index contributed by atoms with van der Waals surface area (Å²) in [6.07, 6.45) is 52.0. The number of rotatable bonds is 42. The minimum absolute atomic E-state index is 0.0388. The van der Waals surface area contributed by atoms with Crippen molar-refractivity contribution in [2.75, 3.05) is 47.5 Å². The van der Waals surface area contributed by atoms with Crippen molar-refractivity contribution in [1.29, 1.82) is 0 Å². The number of likely N-dealkylation sites (N-methyl/N-ethyl adjacent to an activating group) is 1. The van der Waals surface area contributed by atoms with Crippen LogP contribution in [0.4, 0.5) is 0 Å². The van der Waals surface area contributed by atoms with Crippen LogP contribution in [0.3, 0.4) is 0 Å². The third-order valence-electron chi connectivity index (χ3n) is 9.71. The molecule has 346 valence electrons. The van der Waals surface area contributed by atoms with Crippen molar-refractivity contribution in [3.05, 3.63) is 72.9 Å². The van der Waals surface area contributed by atoms with Gasteiger partial charge in [0.05, 0.1) is 27.7 Å². The number of nitrogens with zero attached hydrogens (tertiary/aromatic N) is 1. The average molecular weight is 862 g/mol. The molecule has 0 fully saturated rings. The Labute approximate surface area is 368 Å². The number of carbonyl (C=O) groups is 2. The first-order chi connectivity index (χ1) is 29.0. The van der Waals surface area contributed by atoms with Gasteiger partial charge in [0.1, 0.15) is 19.8 Å².